The first-order valence-corrected chi connectivity index (χ1v) is 4.17. The second-order valence-corrected chi connectivity index (χ2v) is 2.90. The highest BCUT2D eigenvalue weighted by molar-refractivity contribution is 6.03. The van der Waals surface area contributed by atoms with Crippen LogP contribution < -0.4 is 0 Å². The van der Waals surface area contributed by atoms with Gasteiger partial charge in [-0.05, 0) is 23.8 Å². The number of carbonyl (C=O) groups excluding carboxylic acids is 1. The van der Waals surface area contributed by atoms with Crippen LogP contribution in [0.2, 0.25) is 0 Å². The maximum Gasteiger partial charge on any atom is 0.142 e. The molecule has 0 radical (unpaired) electrons. The summed E-state index contributed by atoms with van der Waals surface area (Å²) in [5, 5.41) is 0. The highest BCUT2D eigenvalue weighted by Gasteiger charge is 2.10. The van der Waals surface area contributed by atoms with Crippen molar-refractivity contribution in [2.75, 3.05) is 0 Å². The minimum Gasteiger partial charge on any atom is -0.299 e. The largest absolute Gasteiger partial charge is 0.299 e. The van der Waals surface area contributed by atoms with E-state index in [4.69, 9.17) is 0 Å². The summed E-state index contributed by atoms with van der Waals surface area (Å²) in [5.74, 6) is 0. The molecule has 0 saturated carbocycles. The maximum atomic E-state index is 10.1. The van der Waals surface area contributed by atoms with E-state index in [0.717, 1.165) is 24.1 Å². The predicted molar refractivity (Wildman–Crippen MR) is 52.4 cm³/mol. The molecule has 0 saturated heterocycles. The van der Waals surface area contributed by atoms with Crippen LogP contribution in [-0.2, 0) is 11.2 Å². The molecular formula is C11H9NO. The van der Waals surface area contributed by atoms with E-state index in [-0.39, 0.29) is 0 Å². The molecule has 0 bridgehead atoms. The summed E-state index contributed by atoms with van der Waals surface area (Å²) in [6, 6.07) is 8.01. The molecule has 0 aliphatic carbocycles. The van der Waals surface area contributed by atoms with Crippen LogP contribution in [0, 0.1) is 0 Å². The van der Waals surface area contributed by atoms with E-state index in [1.807, 2.05) is 18.2 Å². The van der Waals surface area contributed by atoms with E-state index in [9.17, 15) is 4.79 Å². The SMILES string of the molecule is O=C/C=C/C1=Nc2ccccc2C1. The van der Waals surface area contributed by atoms with Gasteiger partial charge in [0.2, 0.25) is 0 Å². The van der Waals surface area contributed by atoms with E-state index < -0.39 is 0 Å². The summed E-state index contributed by atoms with van der Waals surface area (Å²) in [5.41, 5.74) is 3.20. The van der Waals surface area contributed by atoms with Crippen molar-refractivity contribution in [2.45, 2.75) is 6.42 Å². The summed E-state index contributed by atoms with van der Waals surface area (Å²) < 4.78 is 0. The van der Waals surface area contributed by atoms with Gasteiger partial charge in [-0.25, -0.2) is 0 Å². The fraction of sp³-hybridized carbons (Fsp3) is 0.0909. The summed E-state index contributed by atoms with van der Waals surface area (Å²) in [6.45, 7) is 0. The number of nitrogens with zero attached hydrogens (tertiary/aromatic N) is 1. The Morgan fingerprint density at radius 2 is 2.15 bits per heavy atom. The first kappa shape index (κ1) is 7.92. The standard InChI is InChI=1S/C11H9NO/c13-7-3-5-10-8-9-4-1-2-6-11(9)12-10/h1-7H,8H2/b5-3+. The molecule has 1 aliphatic heterocycles. The van der Waals surface area contributed by atoms with Crippen molar-refractivity contribution in [2.24, 2.45) is 4.99 Å². The molecule has 1 aliphatic rings. The number of aldehydes is 1. The molecule has 0 atom stereocenters. The average Bonchev–Trinajstić information content (AvgIpc) is 2.57. The number of rotatable bonds is 2. The molecule has 0 unspecified atom stereocenters. The average molecular weight is 171 g/mol. The van der Waals surface area contributed by atoms with E-state index in [1.54, 1.807) is 6.08 Å². The first-order valence-electron chi connectivity index (χ1n) is 4.17. The third kappa shape index (κ3) is 1.56. The van der Waals surface area contributed by atoms with Crippen LogP contribution in [0.25, 0.3) is 0 Å². The summed E-state index contributed by atoms with van der Waals surface area (Å²) in [6.07, 6.45) is 4.84. The lowest BCUT2D eigenvalue weighted by molar-refractivity contribution is -0.104. The van der Waals surface area contributed by atoms with Crippen LogP contribution in [-0.4, -0.2) is 12.0 Å². The second-order valence-electron chi connectivity index (χ2n) is 2.90. The lowest BCUT2D eigenvalue weighted by Crippen LogP contribution is -1.91. The van der Waals surface area contributed by atoms with Crippen molar-refractivity contribution in [1.82, 2.24) is 0 Å². The van der Waals surface area contributed by atoms with Crippen LogP contribution in [0.5, 0.6) is 0 Å². The van der Waals surface area contributed by atoms with Crippen LogP contribution in [0.15, 0.2) is 41.4 Å². The Bertz CT molecular complexity index is 391. The molecule has 0 N–H and O–H groups in total. The highest BCUT2D eigenvalue weighted by Crippen LogP contribution is 2.25. The van der Waals surface area contributed by atoms with Gasteiger partial charge in [-0.2, -0.15) is 0 Å². The highest BCUT2D eigenvalue weighted by atomic mass is 16.1. The van der Waals surface area contributed by atoms with Gasteiger partial charge in [-0.3, -0.25) is 9.79 Å². The van der Waals surface area contributed by atoms with Crippen molar-refractivity contribution in [1.29, 1.82) is 0 Å². The van der Waals surface area contributed by atoms with Crippen molar-refractivity contribution >= 4 is 17.7 Å². The zero-order valence-corrected chi connectivity index (χ0v) is 7.10. The fourth-order valence-electron chi connectivity index (χ4n) is 1.41. The van der Waals surface area contributed by atoms with Gasteiger partial charge in [0, 0.05) is 12.1 Å². The van der Waals surface area contributed by atoms with Crippen LogP contribution in [0.4, 0.5) is 5.69 Å². The molecule has 2 heteroatoms. The van der Waals surface area contributed by atoms with E-state index >= 15 is 0 Å². The Balaban J connectivity index is 2.26. The van der Waals surface area contributed by atoms with Gasteiger partial charge in [-0.1, -0.05) is 18.2 Å². The Kier molecular flexibility index (Phi) is 2.04. The lowest BCUT2D eigenvalue weighted by Gasteiger charge is -1.91. The predicted octanol–water partition coefficient (Wildman–Crippen LogP) is 2.07. The van der Waals surface area contributed by atoms with Crippen LogP contribution in [0.3, 0.4) is 0 Å². The molecule has 0 fully saturated rings. The van der Waals surface area contributed by atoms with Crippen molar-refractivity contribution in [3.63, 3.8) is 0 Å². The monoisotopic (exact) mass is 171 g/mol. The van der Waals surface area contributed by atoms with Gasteiger partial charge < -0.3 is 0 Å². The number of hydrogen-bond acceptors (Lipinski definition) is 2. The molecule has 0 spiro atoms. The number of fused-ring (bicyclic) bond motifs is 1. The number of carbonyl (C=O) groups is 1. The van der Waals surface area contributed by atoms with Gasteiger partial charge in [0.15, 0.2) is 0 Å². The van der Waals surface area contributed by atoms with E-state index in [2.05, 4.69) is 11.1 Å². The normalized spacial score (nSPS) is 14.3. The summed E-state index contributed by atoms with van der Waals surface area (Å²) in [4.78, 5) is 14.5. The van der Waals surface area contributed by atoms with Gasteiger partial charge in [0.25, 0.3) is 0 Å². The molecule has 64 valence electrons. The minimum absolute atomic E-state index is 0.769. The topological polar surface area (TPSA) is 29.4 Å². The Morgan fingerprint density at radius 3 is 2.92 bits per heavy atom. The Morgan fingerprint density at radius 1 is 1.31 bits per heavy atom. The van der Waals surface area contributed by atoms with Gasteiger partial charge in [-0.15, -0.1) is 0 Å². The van der Waals surface area contributed by atoms with Crippen molar-refractivity contribution < 1.29 is 4.79 Å². The van der Waals surface area contributed by atoms with Crippen LogP contribution in [0.1, 0.15) is 5.56 Å². The number of benzene rings is 1. The lowest BCUT2D eigenvalue weighted by atomic mass is 10.1. The summed E-state index contributed by atoms with van der Waals surface area (Å²) >= 11 is 0. The van der Waals surface area contributed by atoms with Gasteiger partial charge in [0.1, 0.15) is 6.29 Å². The molecule has 1 heterocycles. The van der Waals surface area contributed by atoms with Gasteiger partial charge >= 0.3 is 0 Å². The number of hydrogen-bond donors (Lipinski definition) is 0. The molecule has 2 nitrogen and oxygen atoms in total. The van der Waals surface area contributed by atoms with Crippen molar-refractivity contribution in [3.05, 3.63) is 42.0 Å². The first-order chi connectivity index (χ1) is 6.40. The Labute approximate surface area is 76.6 Å². The maximum absolute atomic E-state index is 10.1. The third-order valence-corrected chi connectivity index (χ3v) is 1.99. The number of para-hydroxylation sites is 1. The van der Waals surface area contributed by atoms with E-state index in [0.29, 0.717) is 0 Å². The number of allylic oxidation sites excluding steroid dienone is 2. The molecule has 0 amide bonds. The molecule has 2 rings (SSSR count). The zero-order chi connectivity index (χ0) is 9.10. The van der Waals surface area contributed by atoms with Crippen molar-refractivity contribution in [3.8, 4) is 0 Å². The molecular weight excluding hydrogens is 162 g/mol. The minimum atomic E-state index is 0.769. The van der Waals surface area contributed by atoms with Crippen LogP contribution >= 0.6 is 0 Å². The molecule has 1 aromatic carbocycles. The smallest absolute Gasteiger partial charge is 0.142 e. The summed E-state index contributed by atoms with van der Waals surface area (Å²) in [7, 11) is 0. The second kappa shape index (κ2) is 3.35. The third-order valence-electron chi connectivity index (χ3n) is 1.99. The zero-order valence-electron chi connectivity index (χ0n) is 7.10. The molecule has 0 aromatic heterocycles. The quantitative estimate of drug-likeness (QED) is 0.494. The Hall–Kier alpha value is -1.70. The van der Waals surface area contributed by atoms with E-state index in [1.165, 1.54) is 11.6 Å². The fourth-order valence-corrected chi connectivity index (χ4v) is 1.41. The van der Waals surface area contributed by atoms with Gasteiger partial charge in [0.05, 0.1) is 5.69 Å². The number of aliphatic imine (C=N–C) groups is 1. The molecule has 13 heavy (non-hydrogen) atoms. The molecule has 1 aromatic rings.